The minimum absolute atomic E-state index is 1.25. The lowest BCUT2D eigenvalue weighted by atomic mass is 9.98. The van der Waals surface area contributed by atoms with Crippen LogP contribution in [0.25, 0.3) is 79.0 Å². The normalized spacial score (nSPS) is 12.1. The maximum atomic E-state index is 2.48. The third-order valence-corrected chi connectivity index (χ3v) is 10.9. The summed E-state index contributed by atoms with van der Waals surface area (Å²) in [6.45, 7) is 4.37. The molecule has 0 atom stereocenters. The van der Waals surface area contributed by atoms with Gasteiger partial charge in [0, 0.05) is 46.4 Å². The molecule has 0 amide bonds. The molecule has 1 nitrogen and oxygen atoms in total. The van der Waals surface area contributed by atoms with Gasteiger partial charge in [0.05, 0.1) is 21.4 Å². The van der Waals surface area contributed by atoms with E-state index in [1.165, 1.54) is 90.1 Å². The van der Waals surface area contributed by atoms with Gasteiger partial charge in [-0.25, -0.2) is 0 Å². The highest BCUT2D eigenvalue weighted by molar-refractivity contribution is 7.26. The summed E-state index contributed by atoms with van der Waals surface area (Å²) in [7, 11) is 0. The first-order valence-electron chi connectivity index (χ1n) is 14.0. The summed E-state index contributed by atoms with van der Waals surface area (Å²) >= 11 is 3.78. The standard InChI is InChI=1S/C38H25NS2/c1-22-13-16-31-28(19-22)29-20-23(2)14-17-32(29)39(31)33-10-5-9-27-37-25(8-6-12-36(37)41-38(27)33)24-15-18-35-30(21-24)26-7-3-4-11-34(26)40-35/h3-21H,1-2H3. The van der Waals surface area contributed by atoms with Crippen LogP contribution in [-0.2, 0) is 0 Å². The van der Waals surface area contributed by atoms with Crippen molar-refractivity contribution in [3.63, 3.8) is 0 Å². The maximum Gasteiger partial charge on any atom is 0.0640 e. The Kier molecular flexibility index (Phi) is 4.84. The van der Waals surface area contributed by atoms with Gasteiger partial charge in [-0.1, -0.05) is 71.8 Å². The van der Waals surface area contributed by atoms with Crippen LogP contribution < -0.4 is 0 Å². The predicted octanol–water partition coefficient (Wildman–Crippen LogP) is 11.8. The second-order valence-electron chi connectivity index (χ2n) is 11.1. The van der Waals surface area contributed by atoms with E-state index in [0.717, 1.165) is 0 Å². The van der Waals surface area contributed by atoms with E-state index < -0.39 is 0 Å². The molecule has 9 rings (SSSR count). The topological polar surface area (TPSA) is 4.93 Å². The zero-order valence-corrected chi connectivity index (χ0v) is 24.4. The number of aryl methyl sites for hydroxylation is 2. The van der Waals surface area contributed by atoms with Gasteiger partial charge in [-0.15, -0.1) is 22.7 Å². The van der Waals surface area contributed by atoms with Crippen molar-refractivity contribution >= 4 is 84.8 Å². The predicted molar refractivity (Wildman–Crippen MR) is 181 cm³/mol. The Morgan fingerprint density at radius 2 is 1.17 bits per heavy atom. The number of thiophene rings is 2. The van der Waals surface area contributed by atoms with Crippen molar-refractivity contribution in [1.29, 1.82) is 0 Å². The fourth-order valence-electron chi connectivity index (χ4n) is 6.65. The molecule has 194 valence electrons. The third-order valence-electron chi connectivity index (χ3n) is 8.51. The molecule has 0 aliphatic heterocycles. The summed E-state index contributed by atoms with van der Waals surface area (Å²) < 4.78 is 7.82. The molecule has 0 aliphatic carbocycles. The molecule has 0 radical (unpaired) electrons. The van der Waals surface area contributed by atoms with Crippen molar-refractivity contribution in [3.8, 4) is 16.8 Å². The molecule has 0 bridgehead atoms. The van der Waals surface area contributed by atoms with Gasteiger partial charge in [-0.3, -0.25) is 0 Å². The Hall–Kier alpha value is -4.44. The summed E-state index contributed by atoms with van der Waals surface area (Å²) in [6, 6.07) is 43.1. The number of benzene rings is 6. The monoisotopic (exact) mass is 559 g/mol. The molecule has 6 aromatic carbocycles. The zero-order chi connectivity index (χ0) is 27.2. The van der Waals surface area contributed by atoms with E-state index in [0.29, 0.717) is 0 Å². The molecule has 0 aliphatic rings. The summed E-state index contributed by atoms with van der Waals surface area (Å²) in [5, 5.41) is 7.99. The van der Waals surface area contributed by atoms with E-state index in [-0.39, 0.29) is 0 Å². The van der Waals surface area contributed by atoms with Crippen LogP contribution in [0.15, 0.2) is 115 Å². The Balaban J connectivity index is 1.34. The Morgan fingerprint density at radius 3 is 1.98 bits per heavy atom. The van der Waals surface area contributed by atoms with Crippen molar-refractivity contribution in [2.75, 3.05) is 0 Å². The zero-order valence-electron chi connectivity index (χ0n) is 22.7. The quantitative estimate of drug-likeness (QED) is 0.198. The maximum absolute atomic E-state index is 2.48. The van der Waals surface area contributed by atoms with Crippen molar-refractivity contribution in [1.82, 2.24) is 4.57 Å². The van der Waals surface area contributed by atoms with Crippen LogP contribution in [0.3, 0.4) is 0 Å². The van der Waals surface area contributed by atoms with Crippen molar-refractivity contribution in [2.24, 2.45) is 0 Å². The second kappa shape index (κ2) is 8.53. The highest BCUT2D eigenvalue weighted by atomic mass is 32.1. The molecule has 3 heterocycles. The average molecular weight is 560 g/mol. The summed E-state index contributed by atoms with van der Waals surface area (Å²) in [4.78, 5) is 0. The largest absolute Gasteiger partial charge is 0.308 e. The lowest BCUT2D eigenvalue weighted by Gasteiger charge is -2.10. The molecule has 0 spiro atoms. The van der Waals surface area contributed by atoms with Gasteiger partial charge in [0.25, 0.3) is 0 Å². The smallest absolute Gasteiger partial charge is 0.0640 e. The highest BCUT2D eigenvalue weighted by Gasteiger charge is 2.18. The number of hydrogen-bond acceptors (Lipinski definition) is 2. The van der Waals surface area contributed by atoms with Crippen LogP contribution in [-0.4, -0.2) is 4.57 Å². The van der Waals surface area contributed by atoms with Gasteiger partial charge in [0.15, 0.2) is 0 Å². The number of hydrogen-bond donors (Lipinski definition) is 0. The van der Waals surface area contributed by atoms with Crippen LogP contribution in [0.2, 0.25) is 0 Å². The molecular formula is C38H25NS2. The van der Waals surface area contributed by atoms with Gasteiger partial charge < -0.3 is 4.57 Å². The molecule has 0 saturated heterocycles. The summed E-state index contributed by atoms with van der Waals surface area (Å²) in [6.07, 6.45) is 0. The fraction of sp³-hybridized carbons (Fsp3) is 0.0526. The third kappa shape index (κ3) is 3.34. The van der Waals surface area contributed by atoms with E-state index in [9.17, 15) is 0 Å². The van der Waals surface area contributed by atoms with Crippen LogP contribution in [0.5, 0.6) is 0 Å². The lowest BCUT2D eigenvalue weighted by Crippen LogP contribution is -1.94. The molecule has 3 aromatic heterocycles. The fourth-order valence-corrected chi connectivity index (χ4v) is 8.97. The van der Waals surface area contributed by atoms with E-state index >= 15 is 0 Å². The van der Waals surface area contributed by atoms with Crippen molar-refractivity contribution in [3.05, 3.63) is 126 Å². The molecule has 0 saturated carbocycles. The Bertz CT molecular complexity index is 2440. The van der Waals surface area contributed by atoms with Crippen molar-refractivity contribution in [2.45, 2.75) is 13.8 Å². The van der Waals surface area contributed by atoms with Gasteiger partial charge in [0.2, 0.25) is 0 Å². The molecule has 41 heavy (non-hydrogen) atoms. The first-order valence-corrected chi connectivity index (χ1v) is 15.6. The van der Waals surface area contributed by atoms with Crippen molar-refractivity contribution < 1.29 is 0 Å². The molecule has 3 heteroatoms. The molecular weight excluding hydrogens is 535 g/mol. The summed E-state index contributed by atoms with van der Waals surface area (Å²) in [5.41, 5.74) is 8.93. The SMILES string of the molecule is Cc1ccc2c(c1)c1cc(C)ccc1n2-c1cccc2c1sc1cccc(-c3ccc4sc5ccccc5c4c3)c12. The lowest BCUT2D eigenvalue weighted by molar-refractivity contribution is 1.20. The average Bonchev–Trinajstić information content (AvgIpc) is 3.66. The Labute approximate surface area is 245 Å². The molecule has 9 aromatic rings. The van der Waals surface area contributed by atoms with Crippen LogP contribution in [0.4, 0.5) is 0 Å². The number of rotatable bonds is 2. The second-order valence-corrected chi connectivity index (χ2v) is 13.3. The first kappa shape index (κ1) is 23.3. The number of aromatic nitrogens is 1. The molecule has 0 N–H and O–H groups in total. The van der Waals surface area contributed by atoms with Gasteiger partial charge >= 0.3 is 0 Å². The molecule has 0 fully saturated rings. The molecule has 0 unspecified atom stereocenters. The first-order chi connectivity index (χ1) is 20.1. The van der Waals surface area contributed by atoms with E-state index in [1.807, 2.05) is 22.7 Å². The van der Waals surface area contributed by atoms with Gasteiger partial charge in [-0.2, -0.15) is 0 Å². The van der Waals surface area contributed by atoms with Crippen LogP contribution in [0, 0.1) is 13.8 Å². The summed E-state index contributed by atoms with van der Waals surface area (Å²) in [5.74, 6) is 0. The van der Waals surface area contributed by atoms with Gasteiger partial charge in [-0.05, 0) is 79.6 Å². The van der Waals surface area contributed by atoms with Crippen LogP contribution >= 0.6 is 22.7 Å². The number of fused-ring (bicyclic) bond motifs is 9. The highest BCUT2D eigenvalue weighted by Crippen LogP contribution is 2.45. The minimum atomic E-state index is 1.25. The van der Waals surface area contributed by atoms with E-state index in [2.05, 4.69) is 134 Å². The van der Waals surface area contributed by atoms with Gasteiger partial charge in [0.1, 0.15) is 0 Å². The van der Waals surface area contributed by atoms with E-state index in [1.54, 1.807) is 0 Å². The Morgan fingerprint density at radius 1 is 0.488 bits per heavy atom. The minimum Gasteiger partial charge on any atom is -0.308 e. The van der Waals surface area contributed by atoms with E-state index in [4.69, 9.17) is 0 Å². The number of nitrogens with zero attached hydrogens (tertiary/aromatic N) is 1. The van der Waals surface area contributed by atoms with Crippen LogP contribution in [0.1, 0.15) is 11.1 Å².